The third kappa shape index (κ3) is 1.69. The van der Waals surface area contributed by atoms with E-state index in [1.54, 1.807) is 11.3 Å². The van der Waals surface area contributed by atoms with E-state index in [2.05, 4.69) is 34.6 Å². The molecule has 0 radical (unpaired) electrons. The van der Waals surface area contributed by atoms with Crippen LogP contribution in [-0.4, -0.2) is 10.2 Å². The molecule has 2 aromatic heterocycles. The number of nitrogens with zero attached hydrogens (tertiary/aromatic N) is 1. The van der Waals surface area contributed by atoms with Crippen molar-refractivity contribution < 1.29 is 0 Å². The van der Waals surface area contributed by atoms with Crippen LogP contribution in [0.25, 0.3) is 22.0 Å². The number of fused-ring (bicyclic) bond motifs is 1. The van der Waals surface area contributed by atoms with Gasteiger partial charge < -0.3 is 0 Å². The van der Waals surface area contributed by atoms with Crippen molar-refractivity contribution in [3.05, 3.63) is 45.2 Å². The van der Waals surface area contributed by atoms with Gasteiger partial charge in [0.1, 0.15) is 4.64 Å². The molecule has 0 atom stereocenters. The molecule has 0 saturated carbocycles. The fraction of sp³-hybridized carbons (Fsp3) is 0.0769. The standard InChI is InChI=1S/C13H10N2S2/c1-8-9(6-7-17-8)12-10-4-2-3-5-11(10)13(16)15-14-12/h2-7H,1H3,(H,15,16). The second kappa shape index (κ2) is 4.05. The predicted molar refractivity (Wildman–Crippen MR) is 75.0 cm³/mol. The highest BCUT2D eigenvalue weighted by atomic mass is 32.1. The largest absolute Gasteiger partial charge is 0.267 e. The molecule has 0 spiro atoms. The lowest BCUT2D eigenvalue weighted by molar-refractivity contribution is 1.04. The van der Waals surface area contributed by atoms with Crippen LogP contribution in [0, 0.1) is 11.6 Å². The van der Waals surface area contributed by atoms with Gasteiger partial charge in [-0.3, -0.25) is 5.10 Å². The van der Waals surface area contributed by atoms with Crippen molar-refractivity contribution >= 4 is 34.3 Å². The van der Waals surface area contributed by atoms with E-state index in [0.29, 0.717) is 4.64 Å². The average molecular weight is 258 g/mol. The molecule has 84 valence electrons. The van der Waals surface area contributed by atoms with Crippen LogP contribution in [0.4, 0.5) is 0 Å². The second-order valence-electron chi connectivity index (χ2n) is 3.84. The molecule has 0 fully saturated rings. The summed E-state index contributed by atoms with van der Waals surface area (Å²) in [5, 5.41) is 11.6. The Balaban J connectivity index is 2.43. The molecule has 2 nitrogen and oxygen atoms in total. The van der Waals surface area contributed by atoms with Gasteiger partial charge in [0.15, 0.2) is 0 Å². The zero-order valence-corrected chi connectivity index (χ0v) is 10.9. The van der Waals surface area contributed by atoms with Gasteiger partial charge in [-0.1, -0.05) is 36.5 Å². The van der Waals surface area contributed by atoms with Gasteiger partial charge in [-0.15, -0.1) is 11.3 Å². The molecule has 4 heteroatoms. The lowest BCUT2D eigenvalue weighted by atomic mass is 10.1. The van der Waals surface area contributed by atoms with Gasteiger partial charge in [0.25, 0.3) is 0 Å². The van der Waals surface area contributed by atoms with Crippen LogP contribution >= 0.6 is 23.6 Å². The molecule has 0 amide bonds. The Kier molecular flexibility index (Phi) is 2.53. The molecule has 0 aliphatic rings. The second-order valence-corrected chi connectivity index (χ2v) is 5.37. The van der Waals surface area contributed by atoms with Crippen molar-refractivity contribution in [3.63, 3.8) is 0 Å². The lowest BCUT2D eigenvalue weighted by Crippen LogP contribution is -1.91. The first kappa shape index (κ1) is 10.6. The maximum absolute atomic E-state index is 5.26. The number of aromatic nitrogens is 2. The Morgan fingerprint density at radius 1 is 1.18 bits per heavy atom. The number of aryl methyl sites for hydroxylation is 1. The van der Waals surface area contributed by atoms with E-state index in [1.807, 2.05) is 18.2 Å². The normalized spacial score (nSPS) is 10.9. The molecule has 0 bridgehead atoms. The van der Waals surface area contributed by atoms with E-state index in [-0.39, 0.29) is 0 Å². The molecule has 3 rings (SSSR count). The highest BCUT2D eigenvalue weighted by Crippen LogP contribution is 2.31. The molecular weight excluding hydrogens is 248 g/mol. The van der Waals surface area contributed by atoms with Crippen LogP contribution in [0.1, 0.15) is 4.88 Å². The number of H-pyrrole nitrogens is 1. The minimum Gasteiger partial charge on any atom is -0.267 e. The third-order valence-corrected chi connectivity index (χ3v) is 3.97. The highest BCUT2D eigenvalue weighted by molar-refractivity contribution is 7.71. The quantitative estimate of drug-likeness (QED) is 0.658. The van der Waals surface area contributed by atoms with E-state index in [0.717, 1.165) is 16.5 Å². The summed E-state index contributed by atoms with van der Waals surface area (Å²) in [7, 11) is 0. The van der Waals surface area contributed by atoms with Crippen molar-refractivity contribution in [2.45, 2.75) is 6.92 Å². The maximum atomic E-state index is 5.26. The Bertz CT molecular complexity index is 740. The van der Waals surface area contributed by atoms with Gasteiger partial charge in [0.2, 0.25) is 0 Å². The number of aromatic amines is 1. The van der Waals surface area contributed by atoms with E-state index in [4.69, 9.17) is 12.2 Å². The monoisotopic (exact) mass is 258 g/mol. The Morgan fingerprint density at radius 3 is 2.65 bits per heavy atom. The van der Waals surface area contributed by atoms with Crippen molar-refractivity contribution in [2.24, 2.45) is 0 Å². The van der Waals surface area contributed by atoms with Gasteiger partial charge in [0, 0.05) is 21.2 Å². The summed E-state index contributed by atoms with van der Waals surface area (Å²) < 4.78 is 0.692. The van der Waals surface area contributed by atoms with Crippen molar-refractivity contribution in [1.82, 2.24) is 10.2 Å². The Hall–Kier alpha value is -1.52. The topological polar surface area (TPSA) is 28.7 Å². The summed E-state index contributed by atoms with van der Waals surface area (Å²) in [4.78, 5) is 1.27. The molecule has 0 saturated heterocycles. The molecular formula is C13H10N2S2. The lowest BCUT2D eigenvalue weighted by Gasteiger charge is -2.04. The Labute approximate surface area is 108 Å². The molecule has 0 unspecified atom stereocenters. The van der Waals surface area contributed by atoms with Crippen molar-refractivity contribution in [1.29, 1.82) is 0 Å². The van der Waals surface area contributed by atoms with Gasteiger partial charge in [-0.25, -0.2) is 0 Å². The summed E-state index contributed by atoms with van der Waals surface area (Å²) in [5.74, 6) is 0. The molecule has 1 N–H and O–H groups in total. The zero-order valence-electron chi connectivity index (χ0n) is 9.23. The van der Waals surface area contributed by atoms with Gasteiger partial charge in [-0.05, 0) is 18.4 Å². The van der Waals surface area contributed by atoms with E-state index >= 15 is 0 Å². The molecule has 2 heterocycles. The van der Waals surface area contributed by atoms with E-state index in [9.17, 15) is 0 Å². The summed E-state index contributed by atoms with van der Waals surface area (Å²) >= 11 is 6.99. The summed E-state index contributed by atoms with van der Waals surface area (Å²) in [6, 6.07) is 10.2. The van der Waals surface area contributed by atoms with Gasteiger partial charge >= 0.3 is 0 Å². The highest BCUT2D eigenvalue weighted by Gasteiger charge is 2.09. The molecule has 3 aromatic rings. The van der Waals surface area contributed by atoms with Crippen molar-refractivity contribution in [2.75, 3.05) is 0 Å². The number of rotatable bonds is 1. The number of thiophene rings is 1. The Morgan fingerprint density at radius 2 is 1.94 bits per heavy atom. The van der Waals surface area contributed by atoms with Crippen LogP contribution in [-0.2, 0) is 0 Å². The van der Waals surface area contributed by atoms with Crippen LogP contribution in [0.15, 0.2) is 35.7 Å². The number of nitrogens with one attached hydrogen (secondary N) is 1. The fourth-order valence-electron chi connectivity index (χ4n) is 1.95. The first-order chi connectivity index (χ1) is 8.27. The van der Waals surface area contributed by atoms with Gasteiger partial charge in [-0.2, -0.15) is 5.10 Å². The third-order valence-electron chi connectivity index (χ3n) is 2.81. The zero-order chi connectivity index (χ0) is 11.8. The summed E-state index contributed by atoms with van der Waals surface area (Å²) in [5.41, 5.74) is 2.16. The van der Waals surface area contributed by atoms with Crippen LogP contribution < -0.4 is 0 Å². The SMILES string of the molecule is Cc1sccc1-c1n[nH]c(=S)c2ccccc12. The van der Waals surface area contributed by atoms with Crippen LogP contribution in [0.5, 0.6) is 0 Å². The fourth-order valence-corrected chi connectivity index (χ4v) is 2.87. The summed E-state index contributed by atoms with van der Waals surface area (Å²) in [6.45, 7) is 2.11. The van der Waals surface area contributed by atoms with E-state index < -0.39 is 0 Å². The smallest absolute Gasteiger partial charge is 0.127 e. The minimum atomic E-state index is 0.692. The number of benzene rings is 1. The first-order valence-corrected chi connectivity index (χ1v) is 6.58. The van der Waals surface area contributed by atoms with E-state index in [1.165, 1.54) is 10.4 Å². The minimum absolute atomic E-state index is 0.692. The van der Waals surface area contributed by atoms with Crippen LogP contribution in [0.3, 0.4) is 0 Å². The number of hydrogen-bond acceptors (Lipinski definition) is 3. The molecule has 1 aromatic carbocycles. The van der Waals surface area contributed by atoms with Gasteiger partial charge in [0.05, 0.1) is 5.69 Å². The predicted octanol–water partition coefficient (Wildman–Crippen LogP) is 4.33. The van der Waals surface area contributed by atoms with Crippen LogP contribution in [0.2, 0.25) is 0 Å². The number of hydrogen-bond donors (Lipinski definition) is 1. The molecule has 17 heavy (non-hydrogen) atoms. The maximum Gasteiger partial charge on any atom is 0.127 e. The molecule has 0 aliphatic heterocycles. The first-order valence-electron chi connectivity index (χ1n) is 5.29. The summed E-state index contributed by atoms with van der Waals surface area (Å²) in [6.07, 6.45) is 0. The average Bonchev–Trinajstić information content (AvgIpc) is 2.77. The van der Waals surface area contributed by atoms with Crippen molar-refractivity contribution in [3.8, 4) is 11.3 Å². The molecule has 0 aliphatic carbocycles.